The minimum Gasteiger partial charge on any atom is -0.495 e. The van der Waals surface area contributed by atoms with Crippen molar-refractivity contribution >= 4 is 23.2 Å². The molecule has 1 amide bonds. The maximum absolute atomic E-state index is 11.7. The molecule has 0 aliphatic heterocycles. The van der Waals surface area contributed by atoms with Crippen LogP contribution < -0.4 is 10.1 Å². The molecule has 0 heterocycles. The van der Waals surface area contributed by atoms with Crippen molar-refractivity contribution in [2.75, 3.05) is 18.3 Å². The van der Waals surface area contributed by atoms with Crippen molar-refractivity contribution in [2.24, 2.45) is 5.92 Å². The fourth-order valence-electron chi connectivity index (χ4n) is 1.25. The SMILES string of the molecule is COc1ccc(C)cc1NC(=O)C(C)CCl. The van der Waals surface area contributed by atoms with Gasteiger partial charge in [0.05, 0.1) is 12.8 Å². The largest absolute Gasteiger partial charge is 0.495 e. The van der Waals surface area contributed by atoms with E-state index in [2.05, 4.69) is 5.32 Å². The normalized spacial score (nSPS) is 12.0. The Balaban J connectivity index is 2.87. The molecule has 1 N–H and O–H groups in total. The number of alkyl halides is 1. The average molecular weight is 242 g/mol. The molecule has 1 atom stereocenters. The number of aryl methyl sites for hydroxylation is 1. The second-order valence-electron chi connectivity index (χ2n) is 3.75. The summed E-state index contributed by atoms with van der Waals surface area (Å²) in [5.74, 6) is 0.645. The van der Waals surface area contributed by atoms with Crippen LogP contribution in [0, 0.1) is 12.8 Å². The monoisotopic (exact) mass is 241 g/mol. The van der Waals surface area contributed by atoms with Gasteiger partial charge in [0, 0.05) is 11.8 Å². The first kappa shape index (κ1) is 12.8. The Bertz CT molecular complexity index is 379. The van der Waals surface area contributed by atoms with Crippen LogP contribution in [0.4, 0.5) is 5.69 Å². The number of halogens is 1. The van der Waals surface area contributed by atoms with Crippen LogP contribution in [0.25, 0.3) is 0 Å². The van der Waals surface area contributed by atoms with Crippen LogP contribution in [-0.2, 0) is 4.79 Å². The third-order valence-electron chi connectivity index (χ3n) is 2.29. The first-order valence-corrected chi connectivity index (χ1v) is 5.63. The van der Waals surface area contributed by atoms with Gasteiger partial charge >= 0.3 is 0 Å². The molecule has 4 heteroatoms. The number of rotatable bonds is 4. The van der Waals surface area contributed by atoms with Gasteiger partial charge in [0.2, 0.25) is 5.91 Å². The summed E-state index contributed by atoms with van der Waals surface area (Å²) in [6.07, 6.45) is 0. The highest BCUT2D eigenvalue weighted by Crippen LogP contribution is 2.25. The van der Waals surface area contributed by atoms with Crippen LogP contribution in [0.2, 0.25) is 0 Å². The second kappa shape index (κ2) is 5.75. The lowest BCUT2D eigenvalue weighted by Gasteiger charge is -2.13. The molecule has 0 saturated carbocycles. The molecular formula is C12H16ClNO2. The third-order valence-corrected chi connectivity index (χ3v) is 2.75. The van der Waals surface area contributed by atoms with Crippen LogP contribution >= 0.6 is 11.6 Å². The molecule has 0 aliphatic rings. The predicted molar refractivity (Wildman–Crippen MR) is 66.2 cm³/mol. The Morgan fingerprint density at radius 3 is 2.81 bits per heavy atom. The highest BCUT2D eigenvalue weighted by Gasteiger charge is 2.13. The summed E-state index contributed by atoms with van der Waals surface area (Å²) in [6.45, 7) is 3.74. The van der Waals surface area contributed by atoms with Gasteiger partial charge in [-0.1, -0.05) is 13.0 Å². The molecule has 0 aliphatic carbocycles. The van der Waals surface area contributed by atoms with E-state index in [-0.39, 0.29) is 11.8 Å². The minimum atomic E-state index is -0.216. The van der Waals surface area contributed by atoms with E-state index >= 15 is 0 Å². The molecule has 1 unspecified atom stereocenters. The summed E-state index contributed by atoms with van der Waals surface area (Å²) in [4.78, 5) is 11.7. The van der Waals surface area contributed by atoms with Crippen molar-refractivity contribution in [3.63, 3.8) is 0 Å². The molecule has 88 valence electrons. The van der Waals surface area contributed by atoms with Crippen LogP contribution in [0.1, 0.15) is 12.5 Å². The number of carbonyl (C=O) groups is 1. The Morgan fingerprint density at radius 1 is 1.56 bits per heavy atom. The summed E-state index contributed by atoms with van der Waals surface area (Å²) < 4.78 is 5.17. The van der Waals surface area contributed by atoms with Crippen molar-refractivity contribution in [1.29, 1.82) is 0 Å². The average Bonchev–Trinajstić information content (AvgIpc) is 2.28. The Hall–Kier alpha value is -1.22. The minimum absolute atomic E-state index is 0.0982. The lowest BCUT2D eigenvalue weighted by atomic mass is 10.1. The molecule has 1 aromatic rings. The number of anilines is 1. The topological polar surface area (TPSA) is 38.3 Å². The van der Waals surface area contributed by atoms with Crippen molar-refractivity contribution < 1.29 is 9.53 Å². The van der Waals surface area contributed by atoms with E-state index in [1.54, 1.807) is 14.0 Å². The zero-order valence-corrected chi connectivity index (χ0v) is 10.5. The van der Waals surface area contributed by atoms with Gasteiger partial charge in [-0.3, -0.25) is 4.79 Å². The number of methoxy groups -OCH3 is 1. The number of benzene rings is 1. The first-order valence-electron chi connectivity index (χ1n) is 5.10. The quantitative estimate of drug-likeness (QED) is 0.824. The Morgan fingerprint density at radius 2 is 2.25 bits per heavy atom. The van der Waals surface area contributed by atoms with Crippen molar-refractivity contribution in [3.05, 3.63) is 23.8 Å². The molecule has 0 spiro atoms. The molecule has 3 nitrogen and oxygen atoms in total. The molecule has 0 radical (unpaired) electrons. The summed E-state index contributed by atoms with van der Waals surface area (Å²) in [7, 11) is 1.57. The molecular weight excluding hydrogens is 226 g/mol. The standard InChI is InChI=1S/C12H16ClNO2/c1-8-4-5-11(16-3)10(6-8)14-12(15)9(2)7-13/h4-6,9H,7H2,1-3H3,(H,14,15). The maximum atomic E-state index is 11.7. The number of hydrogen-bond donors (Lipinski definition) is 1. The van der Waals surface area contributed by atoms with Crippen molar-refractivity contribution in [2.45, 2.75) is 13.8 Å². The molecule has 1 rings (SSSR count). The number of hydrogen-bond acceptors (Lipinski definition) is 2. The zero-order chi connectivity index (χ0) is 12.1. The van der Waals surface area contributed by atoms with Gasteiger partial charge in [-0.25, -0.2) is 0 Å². The predicted octanol–water partition coefficient (Wildman–Crippen LogP) is 2.82. The molecule has 0 aromatic heterocycles. The smallest absolute Gasteiger partial charge is 0.228 e. The molecule has 0 bridgehead atoms. The van der Waals surface area contributed by atoms with Gasteiger partial charge in [-0.15, -0.1) is 11.6 Å². The van der Waals surface area contributed by atoms with E-state index in [9.17, 15) is 4.79 Å². The molecule has 1 aromatic carbocycles. The number of nitrogens with one attached hydrogen (secondary N) is 1. The van der Waals surface area contributed by atoms with Gasteiger partial charge < -0.3 is 10.1 Å². The fraction of sp³-hybridized carbons (Fsp3) is 0.417. The number of ether oxygens (including phenoxy) is 1. The highest BCUT2D eigenvalue weighted by molar-refractivity contribution is 6.19. The van der Waals surface area contributed by atoms with Crippen LogP contribution in [0.5, 0.6) is 5.75 Å². The van der Waals surface area contributed by atoms with Gasteiger partial charge in [0.25, 0.3) is 0 Å². The van der Waals surface area contributed by atoms with E-state index in [0.717, 1.165) is 5.56 Å². The summed E-state index contributed by atoms with van der Waals surface area (Å²) in [6, 6.07) is 5.63. The summed E-state index contributed by atoms with van der Waals surface area (Å²) >= 11 is 5.63. The lowest BCUT2D eigenvalue weighted by molar-refractivity contribution is -0.118. The fourth-order valence-corrected chi connectivity index (χ4v) is 1.39. The summed E-state index contributed by atoms with van der Waals surface area (Å²) in [5.41, 5.74) is 1.75. The second-order valence-corrected chi connectivity index (χ2v) is 4.06. The first-order chi connectivity index (χ1) is 7.58. The van der Waals surface area contributed by atoms with Gasteiger partial charge in [0.1, 0.15) is 5.75 Å². The van der Waals surface area contributed by atoms with E-state index in [1.807, 2.05) is 25.1 Å². The zero-order valence-electron chi connectivity index (χ0n) is 9.71. The van der Waals surface area contributed by atoms with Crippen LogP contribution in [0.3, 0.4) is 0 Å². The highest BCUT2D eigenvalue weighted by atomic mass is 35.5. The van der Waals surface area contributed by atoms with Crippen molar-refractivity contribution in [1.82, 2.24) is 0 Å². The van der Waals surface area contributed by atoms with Crippen LogP contribution in [0.15, 0.2) is 18.2 Å². The molecule has 0 fully saturated rings. The van der Waals surface area contributed by atoms with Crippen molar-refractivity contribution in [3.8, 4) is 5.75 Å². The molecule has 0 saturated heterocycles. The number of carbonyl (C=O) groups excluding carboxylic acids is 1. The Kier molecular flexibility index (Phi) is 4.62. The molecule has 16 heavy (non-hydrogen) atoms. The Labute approximate surface area is 101 Å². The van der Waals surface area contributed by atoms with Crippen LogP contribution in [-0.4, -0.2) is 18.9 Å². The van der Waals surface area contributed by atoms with E-state index < -0.39 is 0 Å². The summed E-state index contributed by atoms with van der Waals surface area (Å²) in [5, 5.41) is 2.80. The van der Waals surface area contributed by atoms with E-state index in [0.29, 0.717) is 17.3 Å². The van der Waals surface area contributed by atoms with E-state index in [4.69, 9.17) is 16.3 Å². The van der Waals surface area contributed by atoms with E-state index in [1.165, 1.54) is 0 Å². The number of amides is 1. The van der Waals surface area contributed by atoms with Gasteiger partial charge in [0.15, 0.2) is 0 Å². The third kappa shape index (κ3) is 3.14. The lowest BCUT2D eigenvalue weighted by Crippen LogP contribution is -2.21. The van der Waals surface area contributed by atoms with Gasteiger partial charge in [-0.2, -0.15) is 0 Å². The van der Waals surface area contributed by atoms with Gasteiger partial charge in [-0.05, 0) is 24.6 Å². The maximum Gasteiger partial charge on any atom is 0.228 e.